The predicted octanol–water partition coefficient (Wildman–Crippen LogP) is 4.42. The molecule has 27 heavy (non-hydrogen) atoms. The summed E-state index contributed by atoms with van der Waals surface area (Å²) in [7, 11) is -4.11. The average molecular weight is 441 g/mol. The van der Waals surface area contributed by atoms with E-state index in [1.807, 2.05) is 0 Å². The summed E-state index contributed by atoms with van der Waals surface area (Å²) in [5, 5.41) is 2.37. The maximum Gasteiger partial charge on any atom is 0.416 e. The number of nitrogens with one attached hydrogen (secondary N) is 1. The standard InChI is InChI=1S/C16H13Cl2F3N2O3S/c1-27(25,26)23(9-15(24)22-13-5-3-2-4-11(13)17)14-8-10(16(19,20)21)6-7-12(14)18/h2-8H,9H2,1H3,(H,22,24). The Morgan fingerprint density at radius 3 is 2.30 bits per heavy atom. The summed E-state index contributed by atoms with van der Waals surface area (Å²) in [6.45, 7) is -0.787. The van der Waals surface area contributed by atoms with Crippen molar-refractivity contribution >= 4 is 50.5 Å². The van der Waals surface area contributed by atoms with Crippen molar-refractivity contribution in [2.24, 2.45) is 0 Å². The summed E-state index contributed by atoms with van der Waals surface area (Å²) in [4.78, 5) is 12.2. The minimum Gasteiger partial charge on any atom is -0.323 e. The molecule has 0 saturated heterocycles. The molecule has 0 fully saturated rings. The van der Waals surface area contributed by atoms with Crippen molar-refractivity contribution < 1.29 is 26.4 Å². The summed E-state index contributed by atoms with van der Waals surface area (Å²) < 4.78 is 63.5. The molecular weight excluding hydrogens is 428 g/mol. The lowest BCUT2D eigenvalue weighted by molar-refractivity contribution is -0.137. The molecule has 0 unspecified atom stereocenters. The molecule has 0 aromatic heterocycles. The fourth-order valence-electron chi connectivity index (χ4n) is 2.14. The van der Waals surface area contributed by atoms with Crippen LogP contribution >= 0.6 is 23.2 Å². The zero-order valence-electron chi connectivity index (χ0n) is 13.7. The lowest BCUT2D eigenvalue weighted by atomic mass is 10.2. The first kappa shape index (κ1) is 21.3. The van der Waals surface area contributed by atoms with Crippen LogP contribution in [0, 0.1) is 0 Å². The Kier molecular flexibility index (Phi) is 6.28. The molecule has 5 nitrogen and oxygen atoms in total. The van der Waals surface area contributed by atoms with Gasteiger partial charge in [0.05, 0.1) is 33.2 Å². The van der Waals surface area contributed by atoms with E-state index in [2.05, 4.69) is 5.32 Å². The van der Waals surface area contributed by atoms with Crippen LogP contribution in [0.4, 0.5) is 24.5 Å². The van der Waals surface area contributed by atoms with Crippen LogP contribution in [0.2, 0.25) is 10.0 Å². The third-order valence-electron chi connectivity index (χ3n) is 3.38. The highest BCUT2D eigenvalue weighted by atomic mass is 35.5. The Morgan fingerprint density at radius 2 is 1.74 bits per heavy atom. The Hall–Kier alpha value is -1.97. The van der Waals surface area contributed by atoms with Crippen molar-refractivity contribution in [3.8, 4) is 0 Å². The molecular formula is C16H13Cl2F3N2O3S. The molecule has 0 aliphatic carbocycles. The maximum atomic E-state index is 12.9. The lowest BCUT2D eigenvalue weighted by Crippen LogP contribution is -2.37. The number of sulfonamides is 1. The lowest BCUT2D eigenvalue weighted by Gasteiger charge is -2.24. The highest BCUT2D eigenvalue weighted by Gasteiger charge is 2.33. The third kappa shape index (κ3) is 5.50. The molecule has 1 N–H and O–H groups in total. The van der Waals surface area contributed by atoms with E-state index in [1.165, 1.54) is 12.1 Å². The summed E-state index contributed by atoms with van der Waals surface area (Å²) >= 11 is 11.8. The van der Waals surface area contributed by atoms with Gasteiger partial charge in [0.1, 0.15) is 6.54 Å². The van der Waals surface area contributed by atoms with Gasteiger partial charge in [-0.3, -0.25) is 9.10 Å². The molecule has 0 atom stereocenters. The van der Waals surface area contributed by atoms with Crippen molar-refractivity contribution in [1.29, 1.82) is 0 Å². The second kappa shape index (κ2) is 7.95. The molecule has 0 radical (unpaired) electrons. The number of benzene rings is 2. The molecule has 0 aliphatic heterocycles. The molecule has 0 heterocycles. The molecule has 2 aromatic carbocycles. The van der Waals surface area contributed by atoms with Gasteiger partial charge in [-0.1, -0.05) is 35.3 Å². The molecule has 11 heteroatoms. The molecule has 2 rings (SSSR count). The van der Waals surface area contributed by atoms with E-state index in [9.17, 15) is 26.4 Å². The topological polar surface area (TPSA) is 66.5 Å². The van der Waals surface area contributed by atoms with E-state index in [0.717, 1.165) is 18.4 Å². The highest BCUT2D eigenvalue weighted by molar-refractivity contribution is 7.92. The van der Waals surface area contributed by atoms with E-state index in [0.29, 0.717) is 10.4 Å². The van der Waals surface area contributed by atoms with E-state index in [4.69, 9.17) is 23.2 Å². The average Bonchev–Trinajstić information content (AvgIpc) is 2.53. The molecule has 0 aliphatic rings. The van der Waals surface area contributed by atoms with Gasteiger partial charge in [-0.25, -0.2) is 8.42 Å². The number of carbonyl (C=O) groups is 1. The number of hydrogen-bond acceptors (Lipinski definition) is 3. The highest BCUT2D eigenvalue weighted by Crippen LogP contribution is 2.36. The van der Waals surface area contributed by atoms with E-state index >= 15 is 0 Å². The SMILES string of the molecule is CS(=O)(=O)N(CC(=O)Nc1ccccc1Cl)c1cc(C(F)(F)F)ccc1Cl. The third-order valence-corrected chi connectivity index (χ3v) is 5.15. The fourth-order valence-corrected chi connectivity index (χ4v) is 3.46. The van der Waals surface area contributed by atoms with Crippen LogP contribution in [0.3, 0.4) is 0 Å². The summed E-state index contributed by atoms with van der Waals surface area (Å²) in [6.07, 6.45) is -3.95. The molecule has 2 aromatic rings. The quantitative estimate of drug-likeness (QED) is 0.748. The van der Waals surface area contributed by atoms with Crippen LogP contribution in [0.25, 0.3) is 0 Å². The van der Waals surface area contributed by atoms with Gasteiger partial charge in [-0.15, -0.1) is 0 Å². The monoisotopic (exact) mass is 440 g/mol. The summed E-state index contributed by atoms with van der Waals surface area (Å²) in [5.41, 5.74) is -1.32. The zero-order chi connectivity index (χ0) is 20.4. The van der Waals surface area contributed by atoms with Crippen LogP contribution in [0.1, 0.15) is 5.56 Å². The minimum absolute atomic E-state index is 0.217. The van der Waals surface area contributed by atoms with Crippen molar-refractivity contribution in [2.45, 2.75) is 6.18 Å². The van der Waals surface area contributed by atoms with Crippen molar-refractivity contribution in [2.75, 3.05) is 22.4 Å². The number of alkyl halides is 3. The van der Waals surface area contributed by atoms with Gasteiger partial charge in [0.15, 0.2) is 0 Å². The predicted molar refractivity (Wildman–Crippen MR) is 98.7 cm³/mol. The number of halogens is 5. The van der Waals surface area contributed by atoms with Gasteiger partial charge < -0.3 is 5.32 Å². The van der Waals surface area contributed by atoms with Gasteiger partial charge >= 0.3 is 6.18 Å². The first-order valence-electron chi connectivity index (χ1n) is 7.28. The number of rotatable bonds is 5. The van der Waals surface area contributed by atoms with Crippen molar-refractivity contribution in [3.63, 3.8) is 0 Å². The number of anilines is 2. The second-order valence-electron chi connectivity index (χ2n) is 5.46. The van der Waals surface area contributed by atoms with Crippen LogP contribution < -0.4 is 9.62 Å². The van der Waals surface area contributed by atoms with Crippen molar-refractivity contribution in [1.82, 2.24) is 0 Å². The van der Waals surface area contributed by atoms with E-state index < -0.39 is 39.9 Å². The molecule has 1 amide bonds. The second-order valence-corrected chi connectivity index (χ2v) is 8.18. The van der Waals surface area contributed by atoms with Crippen LogP contribution in [0.5, 0.6) is 0 Å². The van der Waals surface area contributed by atoms with Gasteiger partial charge in [0, 0.05) is 0 Å². The number of amides is 1. The Morgan fingerprint density at radius 1 is 1.11 bits per heavy atom. The number of hydrogen-bond donors (Lipinski definition) is 1. The number of nitrogens with zero attached hydrogens (tertiary/aromatic N) is 1. The summed E-state index contributed by atoms with van der Waals surface area (Å²) in [5.74, 6) is -0.804. The van der Waals surface area contributed by atoms with Gasteiger partial charge in [0.25, 0.3) is 0 Å². The van der Waals surface area contributed by atoms with E-state index in [1.54, 1.807) is 12.1 Å². The van der Waals surface area contributed by atoms with Crippen LogP contribution in [-0.2, 0) is 21.0 Å². The Labute approximate surface area is 163 Å². The number of carbonyl (C=O) groups excluding carboxylic acids is 1. The van der Waals surface area contributed by atoms with Crippen LogP contribution in [-0.4, -0.2) is 27.1 Å². The normalized spacial score (nSPS) is 11.9. The summed E-state index contributed by atoms with van der Waals surface area (Å²) in [6, 6.07) is 8.44. The zero-order valence-corrected chi connectivity index (χ0v) is 16.0. The Bertz CT molecular complexity index is 966. The first-order valence-corrected chi connectivity index (χ1v) is 9.89. The first-order chi connectivity index (χ1) is 12.4. The minimum atomic E-state index is -4.71. The molecule has 0 saturated carbocycles. The fraction of sp³-hybridized carbons (Fsp3) is 0.188. The smallest absolute Gasteiger partial charge is 0.323 e. The van der Waals surface area contributed by atoms with Crippen LogP contribution in [0.15, 0.2) is 42.5 Å². The maximum absolute atomic E-state index is 12.9. The van der Waals surface area contributed by atoms with Crippen molar-refractivity contribution in [3.05, 3.63) is 58.1 Å². The molecule has 146 valence electrons. The van der Waals surface area contributed by atoms with Gasteiger partial charge in [-0.2, -0.15) is 13.2 Å². The number of para-hydroxylation sites is 1. The molecule has 0 spiro atoms. The molecule has 0 bridgehead atoms. The van der Waals surface area contributed by atoms with Gasteiger partial charge in [0.2, 0.25) is 15.9 Å². The van der Waals surface area contributed by atoms with Gasteiger partial charge in [-0.05, 0) is 30.3 Å². The Balaban J connectivity index is 2.37. The largest absolute Gasteiger partial charge is 0.416 e. The van der Waals surface area contributed by atoms with E-state index in [-0.39, 0.29) is 15.7 Å².